The highest BCUT2D eigenvalue weighted by molar-refractivity contribution is 7.46. The average molecular weight is 241 g/mol. The molecule has 0 bridgehead atoms. The van der Waals surface area contributed by atoms with Crippen LogP contribution in [0, 0.1) is 0 Å². The van der Waals surface area contributed by atoms with Crippen molar-refractivity contribution in [1.82, 2.24) is 0 Å². The van der Waals surface area contributed by atoms with Gasteiger partial charge >= 0.3 is 0 Å². The molecule has 0 aliphatic rings. The number of hydrogen-bond donors (Lipinski definition) is 1. The van der Waals surface area contributed by atoms with Gasteiger partial charge in [0.25, 0.3) is 0 Å². The van der Waals surface area contributed by atoms with Crippen molar-refractivity contribution in [1.29, 1.82) is 0 Å². The fourth-order valence-corrected chi connectivity index (χ4v) is 2.68. The van der Waals surface area contributed by atoms with Crippen molar-refractivity contribution in [3.8, 4) is 0 Å². The molecule has 1 aromatic carbocycles. The molecule has 1 aromatic rings. The van der Waals surface area contributed by atoms with Crippen LogP contribution in [0.25, 0.3) is 0 Å². The SMILES string of the molecule is CCOP(Cc1ccc(NC)cc1)OCC. The van der Waals surface area contributed by atoms with E-state index in [1.165, 1.54) is 5.56 Å². The lowest BCUT2D eigenvalue weighted by Crippen LogP contribution is -1.94. The molecule has 3 nitrogen and oxygen atoms in total. The molecule has 0 aromatic heterocycles. The van der Waals surface area contributed by atoms with Crippen LogP contribution < -0.4 is 5.32 Å². The van der Waals surface area contributed by atoms with Crippen LogP contribution in [0.5, 0.6) is 0 Å². The van der Waals surface area contributed by atoms with Gasteiger partial charge in [-0.25, -0.2) is 0 Å². The Morgan fingerprint density at radius 2 is 1.62 bits per heavy atom. The highest BCUT2D eigenvalue weighted by Crippen LogP contribution is 2.41. The van der Waals surface area contributed by atoms with Gasteiger partial charge in [0.1, 0.15) is 0 Å². The fourth-order valence-electron chi connectivity index (χ4n) is 1.34. The lowest BCUT2D eigenvalue weighted by molar-refractivity contribution is 0.268. The Labute approximate surface area is 99.1 Å². The molecule has 90 valence electrons. The molecular formula is C12H20NO2P. The fraction of sp³-hybridized carbons (Fsp3) is 0.500. The molecule has 16 heavy (non-hydrogen) atoms. The Bertz CT molecular complexity index is 284. The minimum absolute atomic E-state index is 0.709. The van der Waals surface area contributed by atoms with Gasteiger partial charge in [-0.05, 0) is 31.5 Å². The third-order valence-corrected chi connectivity index (χ3v) is 3.82. The maximum absolute atomic E-state index is 5.57. The van der Waals surface area contributed by atoms with E-state index in [2.05, 4.69) is 29.6 Å². The number of rotatable bonds is 7. The molecule has 1 N–H and O–H groups in total. The molecular weight excluding hydrogens is 221 g/mol. The predicted octanol–water partition coefficient (Wildman–Crippen LogP) is 3.61. The second-order valence-corrected chi connectivity index (χ2v) is 4.77. The summed E-state index contributed by atoms with van der Waals surface area (Å²) in [5, 5.41) is 3.10. The van der Waals surface area contributed by atoms with E-state index in [9.17, 15) is 0 Å². The van der Waals surface area contributed by atoms with E-state index in [1.807, 2.05) is 20.9 Å². The maximum Gasteiger partial charge on any atom is 0.175 e. The zero-order valence-electron chi connectivity index (χ0n) is 10.2. The first kappa shape index (κ1) is 13.4. The largest absolute Gasteiger partial charge is 0.388 e. The van der Waals surface area contributed by atoms with Crippen LogP contribution in [-0.2, 0) is 15.2 Å². The third kappa shape index (κ3) is 4.48. The van der Waals surface area contributed by atoms with Crippen molar-refractivity contribution in [2.24, 2.45) is 0 Å². The molecule has 4 heteroatoms. The summed E-state index contributed by atoms with van der Waals surface area (Å²) in [7, 11) is 1.15. The van der Waals surface area contributed by atoms with Crippen molar-refractivity contribution in [3.63, 3.8) is 0 Å². The van der Waals surface area contributed by atoms with E-state index in [4.69, 9.17) is 9.05 Å². The monoisotopic (exact) mass is 241 g/mol. The van der Waals surface area contributed by atoms with Gasteiger partial charge in [0.15, 0.2) is 8.38 Å². The van der Waals surface area contributed by atoms with Crippen molar-refractivity contribution in [3.05, 3.63) is 29.8 Å². The number of hydrogen-bond acceptors (Lipinski definition) is 3. The summed E-state index contributed by atoms with van der Waals surface area (Å²) in [5.41, 5.74) is 2.38. The second-order valence-electron chi connectivity index (χ2n) is 3.27. The van der Waals surface area contributed by atoms with Crippen LogP contribution in [0.1, 0.15) is 19.4 Å². The zero-order chi connectivity index (χ0) is 11.8. The van der Waals surface area contributed by atoms with Crippen LogP contribution in [0.15, 0.2) is 24.3 Å². The number of anilines is 1. The number of nitrogens with one attached hydrogen (secondary N) is 1. The van der Waals surface area contributed by atoms with Gasteiger partial charge < -0.3 is 14.4 Å². The molecule has 0 amide bonds. The van der Waals surface area contributed by atoms with Crippen molar-refractivity contribution >= 4 is 14.1 Å². The van der Waals surface area contributed by atoms with Crippen molar-refractivity contribution in [2.75, 3.05) is 25.6 Å². The number of benzene rings is 1. The van der Waals surface area contributed by atoms with Gasteiger partial charge in [0.2, 0.25) is 0 Å². The summed E-state index contributed by atoms with van der Waals surface area (Å²) in [6.45, 7) is 5.41. The predicted molar refractivity (Wildman–Crippen MR) is 69.9 cm³/mol. The molecule has 0 unspecified atom stereocenters. The van der Waals surface area contributed by atoms with Gasteiger partial charge in [-0.3, -0.25) is 0 Å². The van der Waals surface area contributed by atoms with Gasteiger partial charge in [0.05, 0.1) is 13.2 Å². The van der Waals surface area contributed by atoms with Crippen molar-refractivity contribution < 1.29 is 9.05 Å². The third-order valence-electron chi connectivity index (χ3n) is 2.10. The van der Waals surface area contributed by atoms with E-state index in [-0.39, 0.29) is 0 Å². The average Bonchev–Trinajstić information content (AvgIpc) is 2.31. The van der Waals surface area contributed by atoms with Crippen LogP contribution >= 0.6 is 8.38 Å². The summed E-state index contributed by atoms with van der Waals surface area (Å²) < 4.78 is 11.1. The standard InChI is InChI=1S/C12H20NO2P/c1-4-14-16(15-5-2)10-11-6-8-12(13-3)9-7-11/h6-9,13H,4-5,10H2,1-3H3. The second kappa shape index (κ2) is 7.61. The molecule has 0 heterocycles. The van der Waals surface area contributed by atoms with Crippen LogP contribution in [0.2, 0.25) is 0 Å². The summed E-state index contributed by atoms with van der Waals surface area (Å²) in [6, 6.07) is 8.36. The molecule has 1 rings (SSSR count). The topological polar surface area (TPSA) is 30.5 Å². The Hall–Kier alpha value is -0.630. The molecule has 0 fully saturated rings. The lowest BCUT2D eigenvalue weighted by atomic mass is 10.2. The van der Waals surface area contributed by atoms with Gasteiger partial charge in [-0.2, -0.15) is 0 Å². The first-order valence-corrected chi connectivity index (χ1v) is 6.96. The van der Waals surface area contributed by atoms with Gasteiger partial charge in [-0.1, -0.05) is 12.1 Å². The lowest BCUT2D eigenvalue weighted by Gasteiger charge is -2.15. The molecule has 0 saturated carbocycles. The highest BCUT2D eigenvalue weighted by Gasteiger charge is 2.09. The summed E-state index contributed by atoms with van der Waals surface area (Å²) >= 11 is 0. The van der Waals surface area contributed by atoms with Crippen molar-refractivity contribution in [2.45, 2.75) is 20.0 Å². The molecule has 0 atom stereocenters. The Balaban J connectivity index is 2.54. The summed E-state index contributed by atoms with van der Waals surface area (Å²) in [6.07, 6.45) is 0.862. The Morgan fingerprint density at radius 1 is 1.06 bits per heavy atom. The first-order chi connectivity index (χ1) is 7.80. The molecule has 0 aliphatic carbocycles. The molecule has 0 spiro atoms. The summed E-state index contributed by atoms with van der Waals surface area (Å²) in [5.74, 6) is 0. The maximum atomic E-state index is 5.57. The normalized spacial score (nSPS) is 10.8. The quantitative estimate of drug-likeness (QED) is 0.740. The van der Waals surface area contributed by atoms with E-state index >= 15 is 0 Å². The van der Waals surface area contributed by atoms with E-state index < -0.39 is 8.38 Å². The molecule has 0 saturated heterocycles. The van der Waals surface area contributed by atoms with E-state index in [0.29, 0.717) is 13.2 Å². The molecule has 0 radical (unpaired) electrons. The minimum Gasteiger partial charge on any atom is -0.388 e. The van der Waals surface area contributed by atoms with Crippen LogP contribution in [0.3, 0.4) is 0 Å². The Morgan fingerprint density at radius 3 is 2.06 bits per heavy atom. The van der Waals surface area contributed by atoms with Crippen LogP contribution in [-0.4, -0.2) is 20.3 Å². The van der Waals surface area contributed by atoms with E-state index in [1.54, 1.807) is 0 Å². The Kier molecular flexibility index (Phi) is 6.39. The highest BCUT2D eigenvalue weighted by atomic mass is 31.2. The van der Waals surface area contributed by atoms with E-state index in [0.717, 1.165) is 11.8 Å². The zero-order valence-corrected chi connectivity index (χ0v) is 11.1. The first-order valence-electron chi connectivity index (χ1n) is 5.60. The smallest absolute Gasteiger partial charge is 0.175 e. The van der Waals surface area contributed by atoms with Gasteiger partial charge in [0, 0.05) is 18.9 Å². The minimum atomic E-state index is -0.771. The van der Waals surface area contributed by atoms with Crippen LogP contribution in [0.4, 0.5) is 5.69 Å². The molecule has 0 aliphatic heterocycles. The summed E-state index contributed by atoms with van der Waals surface area (Å²) in [4.78, 5) is 0. The van der Waals surface area contributed by atoms with Gasteiger partial charge in [-0.15, -0.1) is 0 Å².